The second kappa shape index (κ2) is 8.31. The Labute approximate surface area is 144 Å². The van der Waals surface area contributed by atoms with Crippen molar-refractivity contribution in [1.29, 1.82) is 0 Å². The molecule has 0 bridgehead atoms. The van der Waals surface area contributed by atoms with Gasteiger partial charge in [-0.3, -0.25) is 4.79 Å². The number of carbonyl (C=O) groups is 1. The molecule has 1 aromatic carbocycles. The molecule has 0 aliphatic carbocycles. The van der Waals surface area contributed by atoms with E-state index in [1.807, 2.05) is 6.92 Å². The minimum Gasteiger partial charge on any atom is -0.742 e. The Morgan fingerprint density at radius 2 is 1.92 bits per heavy atom. The molecule has 0 spiro atoms. The van der Waals surface area contributed by atoms with Gasteiger partial charge in [0.05, 0.1) is 12.8 Å². The summed E-state index contributed by atoms with van der Waals surface area (Å²) in [6.45, 7) is 1.98. The van der Waals surface area contributed by atoms with E-state index in [2.05, 4.69) is 10.5 Å². The third kappa shape index (κ3) is 5.62. The normalized spacial score (nSPS) is 11.4. The fourth-order valence-corrected chi connectivity index (χ4v) is 2.16. The first kappa shape index (κ1) is 18.5. The van der Waals surface area contributed by atoms with Gasteiger partial charge in [0.15, 0.2) is 28.2 Å². The summed E-state index contributed by atoms with van der Waals surface area (Å²) in [5.74, 6) is 0.381. The zero-order valence-electron chi connectivity index (χ0n) is 13.2. The molecule has 0 radical (unpaired) electrons. The lowest BCUT2D eigenvalue weighted by Gasteiger charge is -2.10. The molecule has 0 fully saturated rings. The van der Waals surface area contributed by atoms with Crippen molar-refractivity contribution < 1.29 is 31.7 Å². The van der Waals surface area contributed by atoms with Crippen LogP contribution in [0.1, 0.15) is 12.7 Å². The smallest absolute Gasteiger partial charge is 0.277 e. The van der Waals surface area contributed by atoms with Crippen molar-refractivity contribution in [2.24, 2.45) is 5.10 Å². The Hall–Kier alpha value is -2.85. The maximum Gasteiger partial charge on any atom is 0.277 e. The zero-order chi connectivity index (χ0) is 18.3. The number of hydrazone groups is 1. The molecule has 0 aliphatic rings. The van der Waals surface area contributed by atoms with Gasteiger partial charge in [0.1, 0.15) is 5.76 Å². The van der Waals surface area contributed by atoms with E-state index in [4.69, 9.17) is 13.9 Å². The number of carbonyl (C=O) groups excluding carboxylic acids is 1. The molecule has 10 heteroatoms. The molecule has 1 amide bonds. The van der Waals surface area contributed by atoms with Gasteiger partial charge in [0.2, 0.25) is 5.09 Å². The number of furan rings is 1. The molecule has 1 aromatic heterocycles. The van der Waals surface area contributed by atoms with Crippen LogP contribution in [0.4, 0.5) is 0 Å². The molecule has 0 saturated heterocycles. The van der Waals surface area contributed by atoms with Crippen LogP contribution in [0.5, 0.6) is 11.5 Å². The minimum absolute atomic E-state index is 0.00247. The summed E-state index contributed by atoms with van der Waals surface area (Å²) < 4.78 is 47.7. The van der Waals surface area contributed by atoms with Crippen molar-refractivity contribution in [2.75, 3.05) is 13.2 Å². The highest BCUT2D eigenvalue weighted by molar-refractivity contribution is 7.85. The number of para-hydroxylation sites is 2. The largest absolute Gasteiger partial charge is 0.742 e. The second-order valence-electron chi connectivity index (χ2n) is 4.57. The minimum atomic E-state index is -4.67. The zero-order valence-corrected chi connectivity index (χ0v) is 14.0. The van der Waals surface area contributed by atoms with E-state index in [1.165, 1.54) is 6.07 Å². The van der Waals surface area contributed by atoms with Crippen LogP contribution in [0.25, 0.3) is 0 Å². The molecule has 0 unspecified atom stereocenters. The quantitative estimate of drug-likeness (QED) is 0.420. The van der Waals surface area contributed by atoms with E-state index >= 15 is 0 Å². The Bertz CT molecular complexity index is 858. The number of rotatable bonds is 8. The average molecular weight is 367 g/mol. The lowest BCUT2D eigenvalue weighted by Crippen LogP contribution is -2.24. The van der Waals surface area contributed by atoms with E-state index in [-0.39, 0.29) is 12.4 Å². The van der Waals surface area contributed by atoms with Crippen LogP contribution in [-0.2, 0) is 14.9 Å². The average Bonchev–Trinajstić information content (AvgIpc) is 3.03. The van der Waals surface area contributed by atoms with Gasteiger partial charge < -0.3 is 18.4 Å². The Morgan fingerprint density at radius 1 is 1.24 bits per heavy atom. The molecule has 1 N–H and O–H groups in total. The maximum atomic E-state index is 11.7. The first-order valence-corrected chi connectivity index (χ1v) is 8.53. The van der Waals surface area contributed by atoms with E-state index in [0.717, 1.165) is 12.3 Å². The maximum absolute atomic E-state index is 11.7. The van der Waals surface area contributed by atoms with Crippen LogP contribution >= 0.6 is 0 Å². The number of ether oxygens (including phenoxy) is 2. The summed E-state index contributed by atoms with van der Waals surface area (Å²) in [4.78, 5) is 11.7. The number of hydrogen-bond acceptors (Lipinski definition) is 8. The summed E-state index contributed by atoms with van der Waals surface area (Å²) in [6.07, 6.45) is 1.06. The fraction of sp³-hybridized carbons (Fsp3) is 0.200. The fourth-order valence-electron chi connectivity index (χ4n) is 1.73. The number of hydrogen-bond donors (Lipinski definition) is 1. The lowest BCUT2D eigenvalue weighted by atomic mass is 10.3. The van der Waals surface area contributed by atoms with Gasteiger partial charge in [-0.05, 0) is 31.2 Å². The summed E-state index contributed by atoms with van der Waals surface area (Å²) in [5.41, 5.74) is 2.18. The van der Waals surface area contributed by atoms with Crippen molar-refractivity contribution in [2.45, 2.75) is 12.0 Å². The van der Waals surface area contributed by atoms with Crippen LogP contribution in [0, 0.1) is 0 Å². The molecule has 1 heterocycles. The molecule has 9 nitrogen and oxygen atoms in total. The Kier molecular flexibility index (Phi) is 6.14. The molecule has 2 rings (SSSR count). The van der Waals surface area contributed by atoms with Gasteiger partial charge in [-0.1, -0.05) is 12.1 Å². The van der Waals surface area contributed by atoms with Crippen LogP contribution in [-0.4, -0.2) is 38.3 Å². The van der Waals surface area contributed by atoms with E-state index in [9.17, 15) is 17.8 Å². The number of nitrogens with zero attached hydrogens (tertiary/aromatic N) is 1. The van der Waals surface area contributed by atoms with E-state index < -0.39 is 21.1 Å². The van der Waals surface area contributed by atoms with Gasteiger partial charge in [-0.25, -0.2) is 13.8 Å². The molecule has 25 heavy (non-hydrogen) atoms. The van der Waals surface area contributed by atoms with Gasteiger partial charge in [0.25, 0.3) is 5.91 Å². The predicted octanol–water partition coefficient (Wildman–Crippen LogP) is 1.11. The molecular weight excluding hydrogens is 352 g/mol. The highest BCUT2D eigenvalue weighted by Crippen LogP contribution is 2.26. The third-order valence-corrected chi connectivity index (χ3v) is 3.45. The summed E-state index contributed by atoms with van der Waals surface area (Å²) in [7, 11) is -4.67. The topological polar surface area (TPSA) is 130 Å². The van der Waals surface area contributed by atoms with Gasteiger partial charge in [-0.2, -0.15) is 5.10 Å². The van der Waals surface area contributed by atoms with Gasteiger partial charge in [-0.15, -0.1) is 0 Å². The predicted molar refractivity (Wildman–Crippen MR) is 85.5 cm³/mol. The number of amides is 1. The molecule has 0 aliphatic heterocycles. The van der Waals surface area contributed by atoms with Crippen molar-refractivity contribution >= 4 is 22.2 Å². The third-order valence-electron chi connectivity index (χ3n) is 2.74. The SMILES string of the molecule is CCOc1ccccc1OCC(=O)N/N=C\c1ccc(S(=O)(=O)[O-])o1. The highest BCUT2D eigenvalue weighted by Gasteiger charge is 2.08. The number of benzene rings is 1. The Morgan fingerprint density at radius 3 is 2.52 bits per heavy atom. The molecular formula is C15H15N2O7S-. The van der Waals surface area contributed by atoms with Crippen LogP contribution < -0.4 is 14.9 Å². The molecule has 0 saturated carbocycles. The second-order valence-corrected chi connectivity index (χ2v) is 5.88. The lowest BCUT2D eigenvalue weighted by molar-refractivity contribution is -0.123. The monoisotopic (exact) mass is 367 g/mol. The van der Waals surface area contributed by atoms with Crippen LogP contribution in [0.15, 0.2) is 51.0 Å². The molecule has 2 aromatic rings. The van der Waals surface area contributed by atoms with Crippen molar-refractivity contribution in [3.05, 3.63) is 42.2 Å². The van der Waals surface area contributed by atoms with Crippen molar-refractivity contribution in [3.8, 4) is 11.5 Å². The summed E-state index contributed by atoms with van der Waals surface area (Å²) >= 11 is 0. The standard InChI is InChI=1S/C15H16N2O7S/c1-2-22-12-5-3-4-6-13(12)23-10-14(18)17-16-9-11-7-8-15(24-11)25(19,20)21/h3-9H,2,10H2,1H3,(H,17,18)(H,19,20,21)/p-1/b16-9-. The number of nitrogens with one attached hydrogen (secondary N) is 1. The first-order chi connectivity index (χ1) is 11.9. The van der Waals surface area contributed by atoms with E-state index in [0.29, 0.717) is 18.1 Å². The molecule has 0 atom stereocenters. The summed E-state index contributed by atoms with van der Waals surface area (Å²) in [5, 5.41) is 2.86. The Balaban J connectivity index is 1.86. The van der Waals surface area contributed by atoms with Gasteiger partial charge >= 0.3 is 0 Å². The summed E-state index contributed by atoms with van der Waals surface area (Å²) in [6, 6.07) is 9.13. The molecule has 134 valence electrons. The van der Waals surface area contributed by atoms with Crippen LogP contribution in [0.3, 0.4) is 0 Å². The van der Waals surface area contributed by atoms with Gasteiger partial charge in [0, 0.05) is 0 Å². The first-order valence-electron chi connectivity index (χ1n) is 7.12. The van der Waals surface area contributed by atoms with Crippen molar-refractivity contribution in [3.63, 3.8) is 0 Å². The van der Waals surface area contributed by atoms with E-state index in [1.54, 1.807) is 24.3 Å². The highest BCUT2D eigenvalue weighted by atomic mass is 32.2. The van der Waals surface area contributed by atoms with Crippen molar-refractivity contribution in [1.82, 2.24) is 5.43 Å². The van der Waals surface area contributed by atoms with Crippen LogP contribution in [0.2, 0.25) is 0 Å².